The Morgan fingerprint density at radius 2 is 2.25 bits per heavy atom. The van der Waals surface area contributed by atoms with Gasteiger partial charge in [0.25, 0.3) is 0 Å². The summed E-state index contributed by atoms with van der Waals surface area (Å²) < 4.78 is 2.13. The van der Waals surface area contributed by atoms with E-state index in [2.05, 4.69) is 41.9 Å². The summed E-state index contributed by atoms with van der Waals surface area (Å²) in [6.07, 6.45) is 4.14. The minimum Gasteiger partial charge on any atom is -0.314 e. The van der Waals surface area contributed by atoms with Crippen molar-refractivity contribution >= 4 is 0 Å². The van der Waals surface area contributed by atoms with Gasteiger partial charge in [-0.2, -0.15) is 5.10 Å². The standard InChI is InChI=1S/C13H23N3/c1-10(8-14-13-5-4-6-13)9-16-12(3)7-11(2)15-16/h7,10,13-14H,4-6,8-9H2,1-3H3/t10-/m1/s1. The fourth-order valence-corrected chi connectivity index (χ4v) is 2.20. The van der Waals surface area contributed by atoms with Gasteiger partial charge in [-0.1, -0.05) is 13.3 Å². The molecule has 0 aliphatic heterocycles. The van der Waals surface area contributed by atoms with Gasteiger partial charge in [0.1, 0.15) is 0 Å². The van der Waals surface area contributed by atoms with Crippen LogP contribution in [-0.4, -0.2) is 22.4 Å². The van der Waals surface area contributed by atoms with E-state index in [0.717, 1.165) is 24.8 Å². The SMILES string of the molecule is Cc1cc(C)n(C[C@H](C)CNC2CCC2)n1. The monoisotopic (exact) mass is 221 g/mol. The lowest BCUT2D eigenvalue weighted by atomic mass is 9.93. The molecule has 0 unspecified atom stereocenters. The van der Waals surface area contributed by atoms with Crippen molar-refractivity contribution in [3.63, 3.8) is 0 Å². The molecular weight excluding hydrogens is 198 g/mol. The van der Waals surface area contributed by atoms with Crippen LogP contribution < -0.4 is 5.32 Å². The summed E-state index contributed by atoms with van der Waals surface area (Å²) in [5.41, 5.74) is 2.39. The maximum Gasteiger partial charge on any atom is 0.0596 e. The Balaban J connectivity index is 1.77. The summed E-state index contributed by atoms with van der Waals surface area (Å²) in [4.78, 5) is 0. The lowest BCUT2D eigenvalue weighted by molar-refractivity contribution is 0.307. The molecule has 0 radical (unpaired) electrons. The first kappa shape index (κ1) is 11.6. The summed E-state index contributed by atoms with van der Waals surface area (Å²) in [5.74, 6) is 0.651. The Morgan fingerprint density at radius 3 is 2.75 bits per heavy atom. The van der Waals surface area contributed by atoms with Crippen molar-refractivity contribution in [3.05, 3.63) is 17.5 Å². The van der Waals surface area contributed by atoms with Crippen LogP contribution in [0.4, 0.5) is 0 Å². The molecule has 0 saturated heterocycles. The number of aromatic nitrogens is 2. The zero-order chi connectivity index (χ0) is 11.5. The van der Waals surface area contributed by atoms with E-state index in [1.54, 1.807) is 0 Å². The van der Waals surface area contributed by atoms with Gasteiger partial charge in [0, 0.05) is 18.3 Å². The summed E-state index contributed by atoms with van der Waals surface area (Å²) in [6.45, 7) is 8.62. The van der Waals surface area contributed by atoms with Crippen molar-refractivity contribution in [2.24, 2.45) is 5.92 Å². The Hall–Kier alpha value is -0.830. The van der Waals surface area contributed by atoms with Crippen LogP contribution in [0.15, 0.2) is 6.07 Å². The zero-order valence-corrected chi connectivity index (χ0v) is 10.7. The maximum absolute atomic E-state index is 4.50. The average molecular weight is 221 g/mol. The maximum atomic E-state index is 4.50. The normalized spacial score (nSPS) is 18.4. The van der Waals surface area contributed by atoms with Crippen LogP contribution in [0.5, 0.6) is 0 Å². The Morgan fingerprint density at radius 1 is 1.50 bits per heavy atom. The number of hydrogen-bond donors (Lipinski definition) is 1. The van der Waals surface area contributed by atoms with Crippen molar-refractivity contribution in [3.8, 4) is 0 Å². The first-order valence-electron chi connectivity index (χ1n) is 6.39. The molecule has 0 bridgehead atoms. The highest BCUT2D eigenvalue weighted by Crippen LogP contribution is 2.18. The smallest absolute Gasteiger partial charge is 0.0596 e. The van der Waals surface area contributed by atoms with Crippen LogP contribution in [0.2, 0.25) is 0 Å². The second-order valence-electron chi connectivity index (χ2n) is 5.25. The molecule has 0 amide bonds. The largest absolute Gasteiger partial charge is 0.314 e. The lowest BCUT2D eigenvalue weighted by Crippen LogP contribution is -2.38. The Labute approximate surface area is 98.2 Å². The predicted octanol–water partition coefficient (Wildman–Crippen LogP) is 2.28. The number of rotatable bonds is 5. The van der Waals surface area contributed by atoms with Gasteiger partial charge in [0.05, 0.1) is 5.69 Å². The van der Waals surface area contributed by atoms with Crippen LogP contribution in [0.3, 0.4) is 0 Å². The highest BCUT2D eigenvalue weighted by molar-refractivity contribution is 5.06. The minimum absolute atomic E-state index is 0.651. The lowest BCUT2D eigenvalue weighted by Gasteiger charge is -2.28. The first-order chi connectivity index (χ1) is 7.65. The van der Waals surface area contributed by atoms with Gasteiger partial charge in [0.2, 0.25) is 0 Å². The summed E-state index contributed by atoms with van der Waals surface area (Å²) in [6, 6.07) is 2.94. The van der Waals surface area contributed by atoms with E-state index in [4.69, 9.17) is 0 Å². The fraction of sp³-hybridized carbons (Fsp3) is 0.769. The average Bonchev–Trinajstić information content (AvgIpc) is 2.42. The van der Waals surface area contributed by atoms with Crippen LogP contribution in [0.25, 0.3) is 0 Å². The number of nitrogens with one attached hydrogen (secondary N) is 1. The third kappa shape index (κ3) is 2.85. The zero-order valence-electron chi connectivity index (χ0n) is 10.7. The summed E-state index contributed by atoms with van der Waals surface area (Å²) >= 11 is 0. The molecule has 1 fully saturated rings. The topological polar surface area (TPSA) is 29.9 Å². The predicted molar refractivity (Wildman–Crippen MR) is 66.5 cm³/mol. The molecule has 16 heavy (non-hydrogen) atoms. The van der Waals surface area contributed by atoms with Gasteiger partial charge in [-0.05, 0) is 45.2 Å². The van der Waals surface area contributed by atoms with E-state index in [9.17, 15) is 0 Å². The molecule has 3 heteroatoms. The summed E-state index contributed by atoms with van der Waals surface area (Å²) in [5, 5.41) is 8.12. The highest BCUT2D eigenvalue weighted by atomic mass is 15.3. The first-order valence-corrected chi connectivity index (χ1v) is 6.39. The van der Waals surface area contributed by atoms with Crippen LogP contribution in [0, 0.1) is 19.8 Å². The molecule has 1 heterocycles. The number of nitrogens with zero attached hydrogens (tertiary/aromatic N) is 2. The molecule has 1 aromatic heterocycles. The van der Waals surface area contributed by atoms with E-state index in [1.165, 1.54) is 25.0 Å². The molecule has 1 N–H and O–H groups in total. The second kappa shape index (κ2) is 5.00. The Bertz CT molecular complexity index is 339. The molecule has 1 aliphatic carbocycles. The van der Waals surface area contributed by atoms with Gasteiger partial charge in [-0.3, -0.25) is 4.68 Å². The van der Waals surface area contributed by atoms with E-state index in [-0.39, 0.29) is 0 Å². The van der Waals surface area contributed by atoms with Crippen LogP contribution in [0.1, 0.15) is 37.6 Å². The summed E-state index contributed by atoms with van der Waals surface area (Å²) in [7, 11) is 0. The molecule has 0 spiro atoms. The van der Waals surface area contributed by atoms with Crippen molar-refractivity contribution < 1.29 is 0 Å². The number of aryl methyl sites for hydroxylation is 2. The molecule has 0 aromatic carbocycles. The highest BCUT2D eigenvalue weighted by Gasteiger charge is 2.17. The van der Waals surface area contributed by atoms with Crippen LogP contribution in [-0.2, 0) is 6.54 Å². The third-order valence-corrected chi connectivity index (χ3v) is 3.45. The number of hydrogen-bond acceptors (Lipinski definition) is 2. The molecule has 1 saturated carbocycles. The van der Waals surface area contributed by atoms with Crippen molar-refractivity contribution in [1.29, 1.82) is 0 Å². The molecule has 3 nitrogen and oxygen atoms in total. The van der Waals surface area contributed by atoms with E-state index >= 15 is 0 Å². The van der Waals surface area contributed by atoms with Crippen molar-refractivity contribution in [2.45, 2.75) is 52.6 Å². The van der Waals surface area contributed by atoms with Crippen molar-refractivity contribution in [1.82, 2.24) is 15.1 Å². The minimum atomic E-state index is 0.651. The molecule has 2 rings (SSSR count). The van der Waals surface area contributed by atoms with Gasteiger partial charge >= 0.3 is 0 Å². The van der Waals surface area contributed by atoms with Gasteiger partial charge in [-0.25, -0.2) is 0 Å². The van der Waals surface area contributed by atoms with Gasteiger partial charge in [0.15, 0.2) is 0 Å². The van der Waals surface area contributed by atoms with Crippen molar-refractivity contribution in [2.75, 3.05) is 6.54 Å². The second-order valence-corrected chi connectivity index (χ2v) is 5.25. The molecule has 1 aromatic rings. The molecule has 1 aliphatic rings. The van der Waals surface area contributed by atoms with Gasteiger partial charge in [-0.15, -0.1) is 0 Å². The quantitative estimate of drug-likeness (QED) is 0.826. The van der Waals surface area contributed by atoms with E-state index < -0.39 is 0 Å². The van der Waals surface area contributed by atoms with Gasteiger partial charge < -0.3 is 5.32 Å². The Kier molecular flexibility index (Phi) is 3.64. The fourth-order valence-electron chi connectivity index (χ4n) is 2.20. The van der Waals surface area contributed by atoms with Crippen LogP contribution >= 0.6 is 0 Å². The molecule has 90 valence electrons. The van der Waals surface area contributed by atoms with E-state index in [0.29, 0.717) is 5.92 Å². The molecular formula is C13H23N3. The molecule has 1 atom stereocenters. The third-order valence-electron chi connectivity index (χ3n) is 3.45. The van der Waals surface area contributed by atoms with E-state index in [1.807, 2.05) is 0 Å².